The first-order valence-corrected chi connectivity index (χ1v) is 7.08. The standard InChI is InChI=1S/C15H17NO3S/c1-11-3-8-14(20-11)9-16-12-4-6-13(7-5-12)19-10-15(17)18-2/h3-8,16H,9-10H2,1-2H3. The normalized spacial score (nSPS) is 10.1. The van der Waals surface area contributed by atoms with Crippen molar-refractivity contribution in [2.75, 3.05) is 19.0 Å². The number of hydrogen-bond donors (Lipinski definition) is 1. The molecule has 0 saturated heterocycles. The van der Waals surface area contributed by atoms with E-state index in [9.17, 15) is 4.79 Å². The van der Waals surface area contributed by atoms with Crippen LogP contribution < -0.4 is 10.1 Å². The van der Waals surface area contributed by atoms with E-state index >= 15 is 0 Å². The molecule has 0 fully saturated rings. The second-order valence-corrected chi connectivity index (χ2v) is 5.63. The Morgan fingerprint density at radius 1 is 1.20 bits per heavy atom. The van der Waals surface area contributed by atoms with Crippen molar-refractivity contribution in [3.05, 3.63) is 46.2 Å². The number of methoxy groups -OCH3 is 1. The first kappa shape index (κ1) is 14.4. The second-order valence-electron chi connectivity index (χ2n) is 4.26. The molecule has 0 spiro atoms. The smallest absolute Gasteiger partial charge is 0.343 e. The van der Waals surface area contributed by atoms with Crippen LogP contribution in [-0.2, 0) is 16.1 Å². The molecule has 1 aromatic carbocycles. The lowest BCUT2D eigenvalue weighted by Gasteiger charge is -2.07. The zero-order chi connectivity index (χ0) is 14.4. The van der Waals surface area contributed by atoms with Gasteiger partial charge in [0.05, 0.1) is 7.11 Å². The molecule has 0 aliphatic rings. The van der Waals surface area contributed by atoms with Gasteiger partial charge in [-0.1, -0.05) is 0 Å². The summed E-state index contributed by atoms with van der Waals surface area (Å²) >= 11 is 1.79. The van der Waals surface area contributed by atoms with E-state index in [0.29, 0.717) is 5.75 Å². The Bertz CT molecular complexity index is 563. The average molecular weight is 291 g/mol. The number of ether oxygens (including phenoxy) is 2. The molecule has 4 nitrogen and oxygen atoms in total. The first-order chi connectivity index (χ1) is 9.67. The maximum atomic E-state index is 11.0. The topological polar surface area (TPSA) is 47.6 Å². The Labute approximate surface area is 122 Å². The van der Waals surface area contributed by atoms with Crippen LogP contribution in [0.1, 0.15) is 9.75 Å². The van der Waals surface area contributed by atoms with Crippen molar-refractivity contribution in [1.82, 2.24) is 0 Å². The van der Waals surface area contributed by atoms with Gasteiger partial charge < -0.3 is 14.8 Å². The zero-order valence-corrected chi connectivity index (χ0v) is 12.3. The van der Waals surface area contributed by atoms with Crippen LogP contribution in [0.15, 0.2) is 36.4 Å². The van der Waals surface area contributed by atoms with Gasteiger partial charge in [-0.2, -0.15) is 0 Å². The molecule has 0 unspecified atom stereocenters. The van der Waals surface area contributed by atoms with E-state index in [2.05, 4.69) is 29.1 Å². The van der Waals surface area contributed by atoms with Gasteiger partial charge >= 0.3 is 5.97 Å². The van der Waals surface area contributed by atoms with Gasteiger partial charge in [-0.05, 0) is 43.3 Å². The third kappa shape index (κ3) is 4.28. The maximum absolute atomic E-state index is 11.0. The highest BCUT2D eigenvalue weighted by molar-refractivity contribution is 7.11. The van der Waals surface area contributed by atoms with Gasteiger partial charge in [-0.15, -0.1) is 11.3 Å². The molecule has 0 saturated carbocycles. The molecule has 0 aliphatic carbocycles. The highest BCUT2D eigenvalue weighted by Gasteiger charge is 2.02. The number of esters is 1. The molecule has 0 aliphatic heterocycles. The van der Waals surface area contributed by atoms with Gasteiger partial charge in [0.15, 0.2) is 6.61 Å². The fourth-order valence-corrected chi connectivity index (χ4v) is 2.47. The maximum Gasteiger partial charge on any atom is 0.343 e. The van der Waals surface area contributed by atoms with Gasteiger partial charge in [0.1, 0.15) is 5.75 Å². The van der Waals surface area contributed by atoms with Crippen LogP contribution in [0.5, 0.6) is 5.75 Å². The van der Waals surface area contributed by atoms with Gasteiger partial charge in [0, 0.05) is 22.0 Å². The molecule has 0 atom stereocenters. The third-order valence-corrected chi connectivity index (χ3v) is 3.70. The highest BCUT2D eigenvalue weighted by Crippen LogP contribution is 2.19. The Kier molecular flexibility index (Phi) is 5.01. The summed E-state index contributed by atoms with van der Waals surface area (Å²) in [6.07, 6.45) is 0. The summed E-state index contributed by atoms with van der Waals surface area (Å²) < 4.78 is 9.79. The Morgan fingerprint density at radius 2 is 1.95 bits per heavy atom. The van der Waals surface area contributed by atoms with E-state index in [4.69, 9.17) is 4.74 Å². The van der Waals surface area contributed by atoms with E-state index in [1.807, 2.05) is 24.3 Å². The summed E-state index contributed by atoms with van der Waals surface area (Å²) in [5, 5.41) is 3.34. The van der Waals surface area contributed by atoms with Crippen molar-refractivity contribution in [1.29, 1.82) is 0 Å². The van der Waals surface area contributed by atoms with Gasteiger partial charge in [0.2, 0.25) is 0 Å². The lowest BCUT2D eigenvalue weighted by atomic mass is 10.3. The third-order valence-electron chi connectivity index (χ3n) is 2.70. The lowest BCUT2D eigenvalue weighted by molar-refractivity contribution is -0.142. The number of carbonyl (C=O) groups is 1. The van der Waals surface area contributed by atoms with Crippen LogP contribution in [0.4, 0.5) is 5.69 Å². The van der Waals surface area contributed by atoms with Crippen molar-refractivity contribution >= 4 is 23.0 Å². The number of carbonyl (C=O) groups excluding carboxylic acids is 1. The SMILES string of the molecule is COC(=O)COc1ccc(NCc2ccc(C)s2)cc1. The summed E-state index contributed by atoms with van der Waals surface area (Å²) in [7, 11) is 1.34. The minimum atomic E-state index is -0.389. The van der Waals surface area contributed by atoms with E-state index in [0.717, 1.165) is 12.2 Å². The summed E-state index contributed by atoms with van der Waals surface area (Å²) in [5.41, 5.74) is 1.02. The van der Waals surface area contributed by atoms with E-state index in [1.54, 1.807) is 11.3 Å². The van der Waals surface area contributed by atoms with Gasteiger partial charge in [-0.25, -0.2) is 4.79 Å². The Hall–Kier alpha value is -2.01. The van der Waals surface area contributed by atoms with Crippen LogP contribution in [0.3, 0.4) is 0 Å². The molecule has 5 heteroatoms. The lowest BCUT2D eigenvalue weighted by Crippen LogP contribution is -2.12. The first-order valence-electron chi connectivity index (χ1n) is 6.26. The number of hydrogen-bond acceptors (Lipinski definition) is 5. The van der Waals surface area contributed by atoms with E-state index in [1.165, 1.54) is 16.9 Å². The zero-order valence-electron chi connectivity index (χ0n) is 11.5. The molecule has 0 bridgehead atoms. The van der Waals surface area contributed by atoms with Crippen LogP contribution in [0.2, 0.25) is 0 Å². The summed E-state index contributed by atoms with van der Waals surface area (Å²) in [6.45, 7) is 2.83. The van der Waals surface area contributed by atoms with Crippen LogP contribution in [0.25, 0.3) is 0 Å². The summed E-state index contributed by atoms with van der Waals surface area (Å²) in [4.78, 5) is 13.6. The average Bonchev–Trinajstić information content (AvgIpc) is 2.89. The Morgan fingerprint density at radius 3 is 2.55 bits per heavy atom. The van der Waals surface area contributed by atoms with Crippen molar-refractivity contribution in [2.24, 2.45) is 0 Å². The predicted octanol–water partition coefficient (Wildman–Crippen LogP) is 3.22. The minimum Gasteiger partial charge on any atom is -0.482 e. The number of anilines is 1. The van der Waals surface area contributed by atoms with Crippen LogP contribution >= 0.6 is 11.3 Å². The number of nitrogens with one attached hydrogen (secondary N) is 1. The molecular formula is C15H17NO3S. The number of aryl methyl sites for hydroxylation is 1. The number of rotatable bonds is 6. The molecule has 1 heterocycles. The van der Waals surface area contributed by atoms with Crippen molar-refractivity contribution in [2.45, 2.75) is 13.5 Å². The molecule has 106 valence electrons. The van der Waals surface area contributed by atoms with E-state index in [-0.39, 0.29) is 12.6 Å². The molecule has 1 N–H and O–H groups in total. The highest BCUT2D eigenvalue weighted by atomic mass is 32.1. The monoisotopic (exact) mass is 291 g/mol. The largest absolute Gasteiger partial charge is 0.482 e. The van der Waals surface area contributed by atoms with E-state index < -0.39 is 0 Å². The molecule has 2 rings (SSSR count). The molecule has 0 amide bonds. The fourth-order valence-electron chi connectivity index (χ4n) is 1.64. The predicted molar refractivity (Wildman–Crippen MR) is 80.3 cm³/mol. The van der Waals surface area contributed by atoms with Crippen LogP contribution in [0, 0.1) is 6.92 Å². The molecule has 20 heavy (non-hydrogen) atoms. The van der Waals surface area contributed by atoms with Crippen molar-refractivity contribution in [3.63, 3.8) is 0 Å². The number of benzene rings is 1. The molecule has 2 aromatic rings. The fraction of sp³-hybridized carbons (Fsp3) is 0.267. The summed E-state index contributed by atoms with van der Waals surface area (Å²) in [5.74, 6) is 0.258. The molecular weight excluding hydrogens is 274 g/mol. The minimum absolute atomic E-state index is 0.0717. The van der Waals surface area contributed by atoms with Crippen LogP contribution in [-0.4, -0.2) is 19.7 Å². The second kappa shape index (κ2) is 6.96. The number of thiophene rings is 1. The molecule has 1 aromatic heterocycles. The Balaban J connectivity index is 1.83. The summed E-state index contributed by atoms with van der Waals surface area (Å²) in [6, 6.07) is 11.7. The molecule has 0 radical (unpaired) electrons. The quantitative estimate of drug-likeness (QED) is 0.830. The van der Waals surface area contributed by atoms with Crippen molar-refractivity contribution in [3.8, 4) is 5.75 Å². The van der Waals surface area contributed by atoms with Gasteiger partial charge in [0.25, 0.3) is 0 Å². The van der Waals surface area contributed by atoms with Crippen molar-refractivity contribution < 1.29 is 14.3 Å². The van der Waals surface area contributed by atoms with Gasteiger partial charge in [-0.3, -0.25) is 0 Å².